The highest BCUT2D eigenvalue weighted by atomic mass is 16.5. The summed E-state index contributed by atoms with van der Waals surface area (Å²) < 4.78 is 6.80. The predicted molar refractivity (Wildman–Crippen MR) is 93.7 cm³/mol. The first-order chi connectivity index (χ1) is 12.9. The first kappa shape index (κ1) is 17.0. The molecule has 0 saturated carbocycles. The van der Waals surface area contributed by atoms with Gasteiger partial charge in [-0.2, -0.15) is 5.10 Å². The molecule has 1 aromatic carbocycles. The molecule has 0 unspecified atom stereocenters. The van der Waals surface area contributed by atoms with E-state index in [1.165, 1.54) is 15.6 Å². The quantitative estimate of drug-likeness (QED) is 0.698. The van der Waals surface area contributed by atoms with Crippen LogP contribution in [0.25, 0.3) is 16.9 Å². The number of hydrogen-bond acceptors (Lipinski definition) is 6. The number of hydrogen-bond donors (Lipinski definition) is 2. The molecular formula is C18H17N5O4. The lowest BCUT2D eigenvalue weighted by Crippen LogP contribution is -2.35. The third kappa shape index (κ3) is 2.77. The Bertz CT molecular complexity index is 1040. The normalized spacial score (nSPS) is 19.6. The van der Waals surface area contributed by atoms with Crippen LogP contribution in [0.4, 0.5) is 0 Å². The molecule has 9 nitrogen and oxygen atoms in total. The number of likely N-dealkylation sites (tertiary alicyclic amines) is 1. The van der Waals surface area contributed by atoms with Crippen LogP contribution in [0, 0.1) is 0 Å². The number of benzene rings is 1. The van der Waals surface area contributed by atoms with Crippen LogP contribution in [0.15, 0.2) is 47.1 Å². The number of rotatable bonds is 4. The lowest BCUT2D eigenvalue weighted by Gasteiger charge is -2.16. The molecule has 0 aliphatic carbocycles. The summed E-state index contributed by atoms with van der Waals surface area (Å²) >= 11 is 0. The van der Waals surface area contributed by atoms with Crippen LogP contribution >= 0.6 is 0 Å². The molecule has 1 fully saturated rings. The topological polar surface area (TPSA) is 127 Å². The van der Waals surface area contributed by atoms with Gasteiger partial charge in [0.25, 0.3) is 11.8 Å². The van der Waals surface area contributed by atoms with Gasteiger partial charge in [0, 0.05) is 37.8 Å². The van der Waals surface area contributed by atoms with E-state index in [9.17, 15) is 14.7 Å². The van der Waals surface area contributed by atoms with Gasteiger partial charge in [-0.15, -0.1) is 0 Å². The van der Waals surface area contributed by atoms with Crippen LogP contribution < -0.4 is 5.73 Å². The van der Waals surface area contributed by atoms with Crippen molar-refractivity contribution in [2.75, 3.05) is 13.6 Å². The van der Waals surface area contributed by atoms with Crippen LogP contribution in [0.3, 0.4) is 0 Å². The summed E-state index contributed by atoms with van der Waals surface area (Å²) in [6.45, 7) is 0.447. The monoisotopic (exact) mass is 367 g/mol. The molecule has 2 amide bonds. The van der Waals surface area contributed by atoms with E-state index in [0.29, 0.717) is 23.5 Å². The van der Waals surface area contributed by atoms with E-state index < -0.39 is 17.4 Å². The fraction of sp³-hybridized carbons (Fsp3) is 0.222. The average Bonchev–Trinajstić information content (AvgIpc) is 3.39. The summed E-state index contributed by atoms with van der Waals surface area (Å²) in [5.41, 5.74) is 5.59. The van der Waals surface area contributed by atoms with Crippen molar-refractivity contribution < 1.29 is 19.2 Å². The standard InChI is InChI=1S/C18H17N5O4/c1-22-8-6-18(26,17(22)25)15-10-14(21-27-15)11-3-2-4-12(9-11)23-7-5-13(20-23)16(19)24/h2-5,7,9-10,26H,6,8H2,1H3,(H2,19,24)/t18-/m1/s1. The summed E-state index contributed by atoms with van der Waals surface area (Å²) in [6.07, 6.45) is 1.88. The van der Waals surface area contributed by atoms with Crippen molar-refractivity contribution in [2.45, 2.75) is 12.0 Å². The highest BCUT2D eigenvalue weighted by Gasteiger charge is 2.48. The zero-order valence-electron chi connectivity index (χ0n) is 14.5. The average molecular weight is 367 g/mol. The van der Waals surface area contributed by atoms with E-state index >= 15 is 0 Å². The molecule has 27 heavy (non-hydrogen) atoms. The number of aromatic nitrogens is 3. The SMILES string of the molecule is CN1CC[C@@](O)(c2cc(-c3cccc(-n4ccc(C(N)=O)n4)c3)no2)C1=O. The minimum atomic E-state index is -1.68. The summed E-state index contributed by atoms with van der Waals surface area (Å²) in [5, 5.41) is 18.8. The van der Waals surface area contributed by atoms with Gasteiger partial charge >= 0.3 is 0 Å². The summed E-state index contributed by atoms with van der Waals surface area (Å²) in [4.78, 5) is 24.9. The van der Waals surface area contributed by atoms with Crippen molar-refractivity contribution in [3.8, 4) is 16.9 Å². The van der Waals surface area contributed by atoms with Crippen molar-refractivity contribution in [1.82, 2.24) is 19.8 Å². The maximum atomic E-state index is 12.2. The Labute approximate surface area is 154 Å². The first-order valence-electron chi connectivity index (χ1n) is 8.30. The minimum absolute atomic E-state index is 0.118. The summed E-state index contributed by atoms with van der Waals surface area (Å²) in [6, 6.07) is 10.3. The van der Waals surface area contributed by atoms with E-state index in [-0.39, 0.29) is 17.9 Å². The second-order valence-electron chi connectivity index (χ2n) is 6.47. The first-order valence-corrected chi connectivity index (χ1v) is 8.30. The lowest BCUT2D eigenvalue weighted by atomic mass is 9.98. The minimum Gasteiger partial charge on any atom is -0.373 e. The van der Waals surface area contributed by atoms with Crippen LogP contribution in [-0.2, 0) is 10.4 Å². The number of amides is 2. The molecule has 2 aromatic heterocycles. The van der Waals surface area contributed by atoms with Crippen molar-refractivity contribution in [3.05, 3.63) is 54.0 Å². The number of carbonyl (C=O) groups excluding carboxylic acids is 2. The van der Waals surface area contributed by atoms with Crippen LogP contribution in [-0.4, -0.2) is 50.4 Å². The van der Waals surface area contributed by atoms with Gasteiger partial charge in [-0.1, -0.05) is 17.3 Å². The van der Waals surface area contributed by atoms with Gasteiger partial charge in [0.2, 0.25) is 5.60 Å². The van der Waals surface area contributed by atoms with Crippen molar-refractivity contribution >= 4 is 11.8 Å². The maximum absolute atomic E-state index is 12.2. The Morgan fingerprint density at radius 2 is 2.15 bits per heavy atom. The molecule has 0 bridgehead atoms. The molecule has 1 saturated heterocycles. The molecule has 1 atom stereocenters. The van der Waals surface area contributed by atoms with Crippen LogP contribution in [0.5, 0.6) is 0 Å². The predicted octanol–water partition coefficient (Wildman–Crippen LogP) is 0.676. The molecule has 1 aliphatic heterocycles. The summed E-state index contributed by atoms with van der Waals surface area (Å²) in [7, 11) is 1.63. The van der Waals surface area contributed by atoms with Gasteiger partial charge in [0.15, 0.2) is 5.76 Å². The van der Waals surface area contributed by atoms with E-state index in [0.717, 1.165) is 0 Å². The highest BCUT2D eigenvalue weighted by molar-refractivity contribution is 5.90. The number of carbonyl (C=O) groups is 2. The van der Waals surface area contributed by atoms with E-state index in [4.69, 9.17) is 10.3 Å². The van der Waals surface area contributed by atoms with Gasteiger partial charge in [-0.05, 0) is 18.2 Å². The Kier molecular flexibility index (Phi) is 3.81. The molecule has 0 radical (unpaired) electrons. The number of likely N-dealkylation sites (N-methyl/N-ethyl adjacent to an activating group) is 1. The Morgan fingerprint density at radius 1 is 1.33 bits per heavy atom. The second kappa shape index (κ2) is 6.06. The maximum Gasteiger partial charge on any atom is 0.269 e. The molecule has 1 aliphatic rings. The fourth-order valence-corrected chi connectivity index (χ4v) is 3.10. The van der Waals surface area contributed by atoms with Gasteiger partial charge < -0.3 is 20.3 Å². The number of primary amides is 1. The van der Waals surface area contributed by atoms with Crippen molar-refractivity contribution in [2.24, 2.45) is 5.73 Å². The molecule has 3 heterocycles. The summed E-state index contributed by atoms with van der Waals surface area (Å²) in [5.74, 6) is -0.896. The molecule has 138 valence electrons. The number of aliphatic hydroxyl groups is 1. The third-order valence-corrected chi connectivity index (χ3v) is 4.68. The van der Waals surface area contributed by atoms with Crippen LogP contribution in [0.1, 0.15) is 22.7 Å². The van der Waals surface area contributed by atoms with E-state index in [1.807, 2.05) is 12.1 Å². The van der Waals surface area contributed by atoms with Gasteiger partial charge in [0.05, 0.1) is 5.69 Å². The van der Waals surface area contributed by atoms with Gasteiger partial charge in [-0.3, -0.25) is 9.59 Å². The lowest BCUT2D eigenvalue weighted by molar-refractivity contribution is -0.144. The number of nitrogens with zero attached hydrogens (tertiary/aromatic N) is 4. The fourth-order valence-electron chi connectivity index (χ4n) is 3.10. The van der Waals surface area contributed by atoms with E-state index in [2.05, 4.69) is 10.3 Å². The Balaban J connectivity index is 1.66. The van der Waals surface area contributed by atoms with Gasteiger partial charge in [0.1, 0.15) is 11.4 Å². The molecule has 9 heteroatoms. The zero-order chi connectivity index (χ0) is 19.2. The molecule has 4 rings (SSSR count). The second-order valence-corrected chi connectivity index (χ2v) is 6.47. The van der Waals surface area contributed by atoms with Crippen LogP contribution in [0.2, 0.25) is 0 Å². The highest BCUT2D eigenvalue weighted by Crippen LogP contribution is 2.34. The van der Waals surface area contributed by atoms with Crippen molar-refractivity contribution in [3.63, 3.8) is 0 Å². The molecule has 0 spiro atoms. The smallest absolute Gasteiger partial charge is 0.269 e. The van der Waals surface area contributed by atoms with E-state index in [1.54, 1.807) is 31.4 Å². The zero-order valence-corrected chi connectivity index (χ0v) is 14.5. The number of nitrogens with two attached hydrogens (primary N) is 1. The largest absolute Gasteiger partial charge is 0.373 e. The third-order valence-electron chi connectivity index (χ3n) is 4.68. The Hall–Kier alpha value is -3.46. The molecular weight excluding hydrogens is 350 g/mol. The molecule has 3 N–H and O–H groups in total. The molecule has 3 aromatic rings. The van der Waals surface area contributed by atoms with Gasteiger partial charge in [-0.25, -0.2) is 4.68 Å². The Morgan fingerprint density at radius 3 is 2.81 bits per heavy atom. The van der Waals surface area contributed by atoms with Crippen molar-refractivity contribution in [1.29, 1.82) is 0 Å².